The van der Waals surface area contributed by atoms with E-state index in [1.807, 2.05) is 0 Å². The molecular weight excluding hydrogens is 781 g/mol. The highest BCUT2D eigenvalue weighted by Gasteiger charge is 1.99. The Balaban J connectivity index is 0.000000366. The fourth-order valence-electron chi connectivity index (χ4n) is 9.40. The molecule has 0 nitrogen and oxygen atoms in total. The van der Waals surface area contributed by atoms with Gasteiger partial charge in [0.2, 0.25) is 0 Å². The van der Waals surface area contributed by atoms with Gasteiger partial charge in [0.15, 0.2) is 0 Å². The minimum absolute atomic E-state index is 1.14. The molecule has 10 rings (SSSR count). The maximum atomic E-state index is 2.27. The van der Waals surface area contributed by atoms with E-state index in [0.717, 1.165) is 12.8 Å². The second-order valence-electron chi connectivity index (χ2n) is 20.9. The zero-order chi connectivity index (χ0) is 46.0. The zero-order valence-electron chi connectivity index (χ0n) is 44.4. The Bertz CT molecular complexity index is 864. The van der Waals surface area contributed by atoms with Gasteiger partial charge in [0, 0.05) is 0 Å². The molecule has 65 heavy (non-hydrogen) atoms. The molecule has 0 aromatic carbocycles. The summed E-state index contributed by atoms with van der Waals surface area (Å²) in [6.07, 6.45) is 104. The van der Waals surface area contributed by atoms with Gasteiger partial charge in [-0.2, -0.15) is 0 Å². The molecule has 0 heteroatoms. The summed E-state index contributed by atoms with van der Waals surface area (Å²) in [5.41, 5.74) is 0. The second kappa shape index (κ2) is 58.6. The van der Waals surface area contributed by atoms with Crippen molar-refractivity contribution < 1.29 is 0 Å². The lowest BCUT2D eigenvalue weighted by molar-refractivity contribution is 0.504. The highest BCUT2D eigenvalue weighted by molar-refractivity contribution is 5.07. The summed E-state index contributed by atoms with van der Waals surface area (Å²) in [4.78, 5) is 0. The molecule has 0 unspecified atom stereocenters. The van der Waals surface area contributed by atoms with Gasteiger partial charge in [-0.15, -0.1) is 0 Å². The fraction of sp³-hybridized carbons (Fsp3) is 0.815. The predicted molar refractivity (Wildman–Crippen MR) is 300 cm³/mol. The summed E-state index contributed by atoms with van der Waals surface area (Å²) in [7, 11) is 0. The first-order chi connectivity index (χ1) is 32.5. The first kappa shape index (κ1) is 61.5. The fourth-order valence-corrected chi connectivity index (χ4v) is 9.40. The lowest BCUT2D eigenvalue weighted by atomic mass is 10.0. The van der Waals surface area contributed by atoms with Gasteiger partial charge in [0.05, 0.1) is 0 Å². The monoisotopic (exact) mass is 899 g/mol. The molecule has 0 atom stereocenters. The van der Waals surface area contributed by atoms with Crippen molar-refractivity contribution in [2.24, 2.45) is 0 Å². The van der Waals surface area contributed by atoms with Crippen LogP contribution in [-0.2, 0) is 0 Å². The van der Waals surface area contributed by atoms with E-state index in [2.05, 4.69) is 72.9 Å². The van der Waals surface area contributed by atoms with Gasteiger partial charge in [-0.1, -0.05) is 343 Å². The molecule has 10 aliphatic rings. The Hall–Kier alpha value is -1.56. The summed E-state index contributed by atoms with van der Waals surface area (Å²) in [5, 5.41) is 0. The van der Waals surface area contributed by atoms with Gasteiger partial charge in [0.25, 0.3) is 0 Å². The molecule has 0 heterocycles. The number of hydrogen-bond acceptors (Lipinski definition) is 0. The molecule has 0 amide bonds. The first-order valence-electron chi connectivity index (χ1n) is 30.4. The van der Waals surface area contributed by atoms with Crippen molar-refractivity contribution in [3.63, 3.8) is 0 Å². The molecule has 378 valence electrons. The summed E-state index contributed by atoms with van der Waals surface area (Å²) >= 11 is 0. The third-order valence-corrected chi connectivity index (χ3v) is 14.3. The van der Waals surface area contributed by atoms with Gasteiger partial charge >= 0.3 is 0 Å². The van der Waals surface area contributed by atoms with Crippen LogP contribution in [-0.4, -0.2) is 0 Å². The normalized spacial score (nSPS) is 22.5. The maximum absolute atomic E-state index is 2.27. The van der Waals surface area contributed by atoms with Gasteiger partial charge in [-0.3, -0.25) is 0 Å². The molecule has 0 saturated heterocycles. The van der Waals surface area contributed by atoms with Crippen LogP contribution in [0, 0.1) is 0 Å². The Morgan fingerprint density at radius 1 is 0.108 bits per heavy atom. The summed E-state index contributed by atoms with van der Waals surface area (Å²) in [6, 6.07) is 0. The molecular formula is C65H118. The lowest BCUT2D eigenvalue weighted by Gasteiger charge is -2.05. The molecule has 0 spiro atoms. The topological polar surface area (TPSA) is 0 Å². The van der Waals surface area contributed by atoms with Crippen molar-refractivity contribution in [3.8, 4) is 0 Å². The zero-order valence-corrected chi connectivity index (χ0v) is 44.4. The summed E-state index contributed by atoms with van der Waals surface area (Å²) < 4.78 is 0. The molecule has 0 aromatic heterocycles. The molecule has 6 saturated carbocycles. The molecule has 0 aromatic rings. The minimum atomic E-state index is 1.14. The molecule has 0 bridgehead atoms. The van der Waals surface area contributed by atoms with E-state index >= 15 is 0 Å². The van der Waals surface area contributed by atoms with Crippen LogP contribution >= 0.6 is 0 Å². The van der Waals surface area contributed by atoms with Crippen molar-refractivity contribution >= 4 is 0 Å². The smallest absolute Gasteiger partial charge is 0.0169 e. The van der Waals surface area contributed by atoms with E-state index in [4.69, 9.17) is 0 Å². The number of rotatable bonds is 0. The van der Waals surface area contributed by atoms with E-state index in [-0.39, 0.29) is 0 Å². The van der Waals surface area contributed by atoms with Gasteiger partial charge in [-0.25, -0.2) is 0 Å². The molecule has 0 N–H and O–H groups in total. The summed E-state index contributed by atoms with van der Waals surface area (Å²) in [6.45, 7) is 0. The van der Waals surface area contributed by atoms with Crippen molar-refractivity contribution in [2.45, 2.75) is 340 Å². The van der Waals surface area contributed by atoms with Crippen molar-refractivity contribution in [1.29, 1.82) is 0 Å². The van der Waals surface area contributed by atoms with Crippen LogP contribution in [0.3, 0.4) is 0 Å². The minimum Gasteiger partial charge on any atom is -0.0885 e. The number of allylic oxidation sites excluding steroid dienone is 12. The molecule has 0 aliphatic heterocycles. The number of hydrogen-bond donors (Lipinski definition) is 0. The van der Waals surface area contributed by atoms with Crippen LogP contribution in [0.4, 0.5) is 0 Å². The third kappa shape index (κ3) is 56.7. The van der Waals surface area contributed by atoms with Gasteiger partial charge in [-0.05, 0) is 70.6 Å². The van der Waals surface area contributed by atoms with Gasteiger partial charge < -0.3 is 0 Å². The van der Waals surface area contributed by atoms with Gasteiger partial charge in [0.1, 0.15) is 0 Å². The highest BCUT2D eigenvalue weighted by Crippen LogP contribution is 2.19. The van der Waals surface area contributed by atoms with Crippen LogP contribution in [0.15, 0.2) is 72.9 Å². The van der Waals surface area contributed by atoms with Crippen LogP contribution in [0.25, 0.3) is 0 Å². The SMILES string of the molecule is C1=CCC=CC1.C1=CCCC1.C1=CCCC=C1.C1=CCCCC1.C1CCC1.C1CCCC1.C1CCCCC1.C1CCCCCC1.C1CCCCCCC1.C1CCCCCCCCCCC1. The maximum Gasteiger partial charge on any atom is -0.0169 e. The Labute approximate surface area is 411 Å². The van der Waals surface area contributed by atoms with Crippen LogP contribution < -0.4 is 0 Å². The average molecular weight is 900 g/mol. The third-order valence-electron chi connectivity index (χ3n) is 14.3. The standard InChI is InChI=1S/C12H24.C8H16.C7H14.C6H12.C6H10.2C6H8.C5H10.C5H8.C4H8/c1-2-4-6-8-10-12-11-9-7-5-3-1;1-2-4-6-8-7-5-3-1;1-2-4-6-7-5-3-1;4*1-2-4-6-5-3-1;2*1-2-4-5-3-1;1-2-4-3-1/h1-12H2;1-8H2;1-7H2;1-6H2;1-2H,3-6H2;1-2,5-6H,3-4H2;1-4H,5-6H2;1-5H2;1-2H,3-5H2;1-4H2. The molecule has 0 radical (unpaired) electrons. The second-order valence-corrected chi connectivity index (χ2v) is 20.9. The van der Waals surface area contributed by atoms with E-state index in [1.54, 1.807) is 0 Å². The lowest BCUT2D eigenvalue weighted by Crippen LogP contribution is -1.85. The Morgan fingerprint density at radius 2 is 0.262 bits per heavy atom. The van der Waals surface area contributed by atoms with Crippen LogP contribution in [0.2, 0.25) is 0 Å². The average Bonchev–Trinajstić information content (AvgIpc) is 4.09. The van der Waals surface area contributed by atoms with Crippen LogP contribution in [0.5, 0.6) is 0 Å². The highest BCUT2D eigenvalue weighted by atomic mass is 14.1. The largest absolute Gasteiger partial charge is 0.0885 e. The quantitative estimate of drug-likeness (QED) is 0.168. The predicted octanol–water partition coefficient (Wildman–Crippen LogP) is 24.0. The Kier molecular flexibility index (Phi) is 55.4. The van der Waals surface area contributed by atoms with Crippen molar-refractivity contribution in [3.05, 3.63) is 72.9 Å². The molecule has 6 fully saturated rings. The van der Waals surface area contributed by atoms with Crippen LogP contribution in [0.1, 0.15) is 340 Å². The Morgan fingerprint density at radius 3 is 0.338 bits per heavy atom. The van der Waals surface area contributed by atoms with Crippen molar-refractivity contribution in [1.82, 2.24) is 0 Å². The van der Waals surface area contributed by atoms with E-state index in [1.165, 1.54) is 327 Å². The molecule has 10 aliphatic carbocycles. The first-order valence-corrected chi connectivity index (χ1v) is 30.4. The summed E-state index contributed by atoms with van der Waals surface area (Å²) in [5.74, 6) is 0. The van der Waals surface area contributed by atoms with E-state index < -0.39 is 0 Å². The van der Waals surface area contributed by atoms with E-state index in [9.17, 15) is 0 Å². The van der Waals surface area contributed by atoms with E-state index in [0.29, 0.717) is 0 Å². The van der Waals surface area contributed by atoms with Crippen molar-refractivity contribution in [2.75, 3.05) is 0 Å².